The average Bonchev–Trinajstić information content (AvgIpc) is 3.54. The molecule has 0 nitrogen and oxygen atoms in total. The number of rotatable bonds is 8. The molecular formula is C82H50. The summed E-state index contributed by atoms with van der Waals surface area (Å²) >= 11 is 0. The van der Waals surface area contributed by atoms with Crippen molar-refractivity contribution in [1.29, 1.82) is 0 Å². The van der Waals surface area contributed by atoms with Crippen molar-refractivity contribution >= 4 is 86.2 Å². The van der Waals surface area contributed by atoms with Crippen molar-refractivity contribution in [3.05, 3.63) is 303 Å². The summed E-state index contributed by atoms with van der Waals surface area (Å²) in [6, 6.07) is 113. The maximum absolute atomic E-state index is 2.37. The Hall–Kier alpha value is -10.7. The molecule has 0 saturated heterocycles. The van der Waals surface area contributed by atoms with E-state index >= 15 is 0 Å². The van der Waals surface area contributed by atoms with Crippen molar-refractivity contribution < 1.29 is 0 Å². The molecule has 17 rings (SSSR count). The molecule has 0 aliphatic rings. The lowest BCUT2D eigenvalue weighted by Crippen LogP contribution is -1.90. The molecule has 0 radical (unpaired) electrons. The topological polar surface area (TPSA) is 0 Å². The van der Waals surface area contributed by atoms with E-state index in [1.165, 1.54) is 175 Å². The van der Waals surface area contributed by atoms with Crippen LogP contribution >= 0.6 is 0 Å². The lowest BCUT2D eigenvalue weighted by atomic mass is 9.86. The van der Waals surface area contributed by atoms with Gasteiger partial charge in [0.25, 0.3) is 0 Å². The third-order valence-electron chi connectivity index (χ3n) is 17.7. The van der Waals surface area contributed by atoms with Gasteiger partial charge in [-0.1, -0.05) is 267 Å². The number of fused-ring (bicyclic) bond motifs is 2. The normalized spacial score (nSPS) is 11.9. The molecule has 0 amide bonds. The Labute approximate surface area is 475 Å². The first-order chi connectivity index (χ1) is 40.6. The van der Waals surface area contributed by atoms with E-state index in [2.05, 4.69) is 303 Å². The van der Waals surface area contributed by atoms with Crippen LogP contribution < -0.4 is 0 Å². The minimum atomic E-state index is 1.20. The fraction of sp³-hybridized carbons (Fsp3) is 0. The molecule has 0 heterocycles. The number of hydrogen-bond donors (Lipinski definition) is 0. The van der Waals surface area contributed by atoms with Gasteiger partial charge in [0.05, 0.1) is 0 Å². The maximum Gasteiger partial charge on any atom is -0.00203 e. The van der Waals surface area contributed by atoms with Gasteiger partial charge in [0.15, 0.2) is 0 Å². The summed E-state index contributed by atoms with van der Waals surface area (Å²) in [5, 5.41) is 20.5. The third kappa shape index (κ3) is 7.53. The van der Waals surface area contributed by atoms with E-state index in [0.29, 0.717) is 0 Å². The van der Waals surface area contributed by atoms with Gasteiger partial charge >= 0.3 is 0 Å². The molecule has 0 fully saturated rings. The molecule has 0 aromatic heterocycles. The van der Waals surface area contributed by atoms with Crippen molar-refractivity contribution in [3.63, 3.8) is 0 Å². The SMILES string of the molecule is c1cc(-c2ccc(-c3cccc(-c4ccc5ccc6c(-c7cccc(-c8ccc9ccccc9c8)c7)ccc7ccc4c5c76)c3)cc2)cc(-c2ccc3ccc4c(-c5cccc(-c6ccc7ccccc7c6)c5)ccc5ccc2c3c54)c1. The highest BCUT2D eigenvalue weighted by atomic mass is 14.2. The zero-order valence-corrected chi connectivity index (χ0v) is 44.9. The van der Waals surface area contributed by atoms with Crippen LogP contribution in [0, 0.1) is 0 Å². The van der Waals surface area contributed by atoms with E-state index in [9.17, 15) is 0 Å². The second-order valence-electron chi connectivity index (χ2n) is 22.3. The molecule has 17 aromatic carbocycles. The summed E-state index contributed by atoms with van der Waals surface area (Å²) in [6.45, 7) is 0. The Kier molecular flexibility index (Phi) is 10.4. The monoisotopic (exact) mass is 1030 g/mol. The van der Waals surface area contributed by atoms with Crippen LogP contribution in [0.15, 0.2) is 303 Å². The second kappa shape index (κ2) is 18.5. The van der Waals surface area contributed by atoms with Gasteiger partial charge < -0.3 is 0 Å². The Bertz CT molecular complexity index is 5050. The maximum atomic E-state index is 2.37. The second-order valence-corrected chi connectivity index (χ2v) is 22.3. The summed E-state index contributed by atoms with van der Waals surface area (Å²) in [5.41, 5.74) is 19.6. The third-order valence-corrected chi connectivity index (χ3v) is 17.7. The average molecular weight is 1040 g/mol. The van der Waals surface area contributed by atoms with Crippen LogP contribution in [0.3, 0.4) is 0 Å². The summed E-state index contributed by atoms with van der Waals surface area (Å²) in [4.78, 5) is 0. The molecule has 0 heteroatoms. The highest BCUT2D eigenvalue weighted by molar-refractivity contribution is 6.29. The fourth-order valence-corrected chi connectivity index (χ4v) is 13.7. The molecule has 0 aliphatic carbocycles. The van der Waals surface area contributed by atoms with Crippen LogP contribution in [0.2, 0.25) is 0 Å². The summed E-state index contributed by atoms with van der Waals surface area (Å²) in [6.07, 6.45) is 0. The fourth-order valence-electron chi connectivity index (χ4n) is 13.7. The van der Waals surface area contributed by atoms with E-state index < -0.39 is 0 Å². The number of benzene rings is 17. The van der Waals surface area contributed by atoms with Crippen LogP contribution in [-0.2, 0) is 0 Å². The molecule has 0 saturated carbocycles. The minimum Gasteiger partial charge on any atom is -0.0616 e. The molecule has 17 aromatic rings. The Morgan fingerprint density at radius 1 is 0.122 bits per heavy atom. The smallest absolute Gasteiger partial charge is 0.00203 e. The van der Waals surface area contributed by atoms with Gasteiger partial charge in [0.2, 0.25) is 0 Å². The largest absolute Gasteiger partial charge is 0.0616 e. The van der Waals surface area contributed by atoms with Crippen molar-refractivity contribution in [2.24, 2.45) is 0 Å². The minimum absolute atomic E-state index is 1.20. The van der Waals surface area contributed by atoms with E-state index in [0.717, 1.165) is 0 Å². The standard InChI is InChI=1S/C82H50/c1-3-11-59-45-65(27-25-51(59)9-1)63-15-7-19-69(49-63)73-39-31-57-33-41-75-71(37-29-55-35-43-77(73)81(57)79(55)75)67-17-5-13-61(47-67)53-21-23-54(24-22-53)62-14-6-18-68(48-62)72-38-30-56-36-44-78-74(40-32-58-34-42-76(72)80(56)82(58)78)70-20-8-16-64(50-70)66-28-26-52-10-2-4-12-60(52)46-66/h1-50H. The molecule has 0 atom stereocenters. The summed E-state index contributed by atoms with van der Waals surface area (Å²) in [5.74, 6) is 0. The van der Waals surface area contributed by atoms with Gasteiger partial charge in [-0.15, -0.1) is 0 Å². The van der Waals surface area contributed by atoms with E-state index in [1.807, 2.05) is 0 Å². The lowest BCUT2D eigenvalue weighted by molar-refractivity contribution is 1.58. The van der Waals surface area contributed by atoms with E-state index in [-0.39, 0.29) is 0 Å². The molecule has 0 bridgehead atoms. The highest BCUT2D eigenvalue weighted by Gasteiger charge is 2.19. The molecular weight excluding hydrogens is 985 g/mol. The zero-order chi connectivity index (χ0) is 53.8. The van der Waals surface area contributed by atoms with Gasteiger partial charge in [-0.05, 0) is 212 Å². The molecule has 0 unspecified atom stereocenters. The first-order valence-corrected chi connectivity index (χ1v) is 28.5. The van der Waals surface area contributed by atoms with Gasteiger partial charge in [-0.3, -0.25) is 0 Å². The summed E-state index contributed by atoms with van der Waals surface area (Å²) < 4.78 is 0. The van der Waals surface area contributed by atoms with Crippen LogP contribution in [0.4, 0.5) is 0 Å². The van der Waals surface area contributed by atoms with Crippen molar-refractivity contribution in [2.45, 2.75) is 0 Å². The molecule has 0 N–H and O–H groups in total. The highest BCUT2D eigenvalue weighted by Crippen LogP contribution is 2.46. The quantitative estimate of drug-likeness (QED) is 0.133. The van der Waals surface area contributed by atoms with Crippen LogP contribution in [0.25, 0.3) is 175 Å². The molecule has 378 valence electrons. The van der Waals surface area contributed by atoms with Gasteiger partial charge in [0.1, 0.15) is 0 Å². The Morgan fingerprint density at radius 3 is 0.671 bits per heavy atom. The van der Waals surface area contributed by atoms with Gasteiger partial charge in [0, 0.05) is 0 Å². The molecule has 0 spiro atoms. The van der Waals surface area contributed by atoms with Crippen molar-refractivity contribution in [2.75, 3.05) is 0 Å². The zero-order valence-electron chi connectivity index (χ0n) is 44.9. The predicted molar refractivity (Wildman–Crippen MR) is 352 cm³/mol. The number of hydrogen-bond acceptors (Lipinski definition) is 0. The Morgan fingerprint density at radius 2 is 0.354 bits per heavy atom. The first-order valence-electron chi connectivity index (χ1n) is 28.5. The first kappa shape index (κ1) is 46.3. The molecule has 0 aliphatic heterocycles. The van der Waals surface area contributed by atoms with Crippen molar-refractivity contribution in [3.8, 4) is 89.0 Å². The van der Waals surface area contributed by atoms with Crippen LogP contribution in [-0.4, -0.2) is 0 Å². The van der Waals surface area contributed by atoms with E-state index in [1.54, 1.807) is 0 Å². The van der Waals surface area contributed by atoms with Gasteiger partial charge in [-0.25, -0.2) is 0 Å². The summed E-state index contributed by atoms with van der Waals surface area (Å²) in [7, 11) is 0. The predicted octanol–water partition coefficient (Wildman–Crippen LogP) is 23.1. The van der Waals surface area contributed by atoms with Crippen LogP contribution in [0.1, 0.15) is 0 Å². The molecule has 82 heavy (non-hydrogen) atoms. The van der Waals surface area contributed by atoms with E-state index in [4.69, 9.17) is 0 Å². The van der Waals surface area contributed by atoms with Crippen LogP contribution in [0.5, 0.6) is 0 Å². The van der Waals surface area contributed by atoms with Gasteiger partial charge in [-0.2, -0.15) is 0 Å². The Balaban J connectivity index is 0.681. The van der Waals surface area contributed by atoms with Crippen molar-refractivity contribution in [1.82, 2.24) is 0 Å². The lowest BCUT2D eigenvalue weighted by Gasteiger charge is -2.17.